The number of aryl methyl sites for hydroxylation is 1. The predicted molar refractivity (Wildman–Crippen MR) is 98.4 cm³/mol. The Kier molecular flexibility index (Phi) is 4.42. The van der Waals surface area contributed by atoms with E-state index in [0.29, 0.717) is 18.5 Å². The minimum absolute atomic E-state index is 0.568. The van der Waals surface area contributed by atoms with Crippen LogP contribution in [-0.4, -0.2) is 44.8 Å². The monoisotopic (exact) mass is 338 g/mol. The zero-order valence-electron chi connectivity index (χ0n) is 15.0. The number of aliphatic imine (C=N–C) groups is 1. The summed E-state index contributed by atoms with van der Waals surface area (Å²) in [5.41, 5.74) is 1.43. The largest absolute Gasteiger partial charge is 0.353 e. The van der Waals surface area contributed by atoms with Crippen LogP contribution in [0.1, 0.15) is 42.4 Å². The van der Waals surface area contributed by atoms with Crippen molar-refractivity contribution in [1.82, 2.24) is 25.0 Å². The molecule has 1 unspecified atom stereocenters. The van der Waals surface area contributed by atoms with E-state index in [9.17, 15) is 0 Å². The van der Waals surface area contributed by atoms with Gasteiger partial charge in [-0.15, -0.1) is 10.2 Å². The quantitative estimate of drug-likeness (QED) is 0.686. The van der Waals surface area contributed by atoms with Crippen molar-refractivity contribution in [1.29, 1.82) is 0 Å². The number of nitrogens with zero attached hydrogens (tertiary/aromatic N) is 5. The second-order valence-corrected chi connectivity index (χ2v) is 7.12. The molecule has 1 aliphatic carbocycles. The van der Waals surface area contributed by atoms with E-state index in [4.69, 9.17) is 4.99 Å². The van der Waals surface area contributed by atoms with Gasteiger partial charge >= 0.3 is 0 Å². The van der Waals surface area contributed by atoms with Crippen molar-refractivity contribution >= 4 is 5.96 Å². The van der Waals surface area contributed by atoms with E-state index in [-0.39, 0.29) is 0 Å². The van der Waals surface area contributed by atoms with E-state index in [1.54, 1.807) is 0 Å². The van der Waals surface area contributed by atoms with Gasteiger partial charge in [0.05, 0.1) is 0 Å². The molecule has 0 radical (unpaired) electrons. The summed E-state index contributed by atoms with van der Waals surface area (Å²) in [6.07, 6.45) is 3.68. The van der Waals surface area contributed by atoms with E-state index in [2.05, 4.69) is 50.7 Å². The molecule has 6 nitrogen and oxygen atoms in total. The van der Waals surface area contributed by atoms with Gasteiger partial charge < -0.3 is 14.8 Å². The maximum absolute atomic E-state index is 4.87. The van der Waals surface area contributed by atoms with Gasteiger partial charge in [-0.3, -0.25) is 0 Å². The SMILES string of the molecule is Cc1nnc(CN=C(NC2CC2)N2CCC(c3ccccc3)C2)n1C. The summed E-state index contributed by atoms with van der Waals surface area (Å²) in [4.78, 5) is 7.27. The van der Waals surface area contributed by atoms with Crippen LogP contribution >= 0.6 is 0 Å². The number of aromatic nitrogens is 3. The van der Waals surface area contributed by atoms with Crippen molar-refractivity contribution in [2.75, 3.05) is 13.1 Å². The van der Waals surface area contributed by atoms with Crippen LogP contribution in [0.4, 0.5) is 0 Å². The average Bonchev–Trinajstić information content (AvgIpc) is 3.22. The minimum atomic E-state index is 0.568. The predicted octanol–water partition coefficient (Wildman–Crippen LogP) is 2.22. The molecule has 0 spiro atoms. The fraction of sp³-hybridized carbons (Fsp3) is 0.526. The molecule has 1 aliphatic heterocycles. The summed E-state index contributed by atoms with van der Waals surface area (Å²) in [6.45, 7) is 4.61. The van der Waals surface area contributed by atoms with E-state index < -0.39 is 0 Å². The van der Waals surface area contributed by atoms with Gasteiger partial charge in [-0.2, -0.15) is 0 Å². The van der Waals surface area contributed by atoms with Crippen LogP contribution < -0.4 is 5.32 Å². The number of guanidine groups is 1. The first-order chi connectivity index (χ1) is 12.2. The highest BCUT2D eigenvalue weighted by atomic mass is 15.3. The van der Waals surface area contributed by atoms with E-state index in [1.165, 1.54) is 24.8 Å². The number of hydrogen-bond acceptors (Lipinski definition) is 3. The minimum Gasteiger partial charge on any atom is -0.353 e. The standard InChI is InChI=1S/C19H26N6/c1-14-22-23-18(24(14)2)12-20-19(21-17-8-9-17)25-11-10-16(13-25)15-6-4-3-5-7-15/h3-7,16-17H,8-13H2,1-2H3,(H,20,21). The van der Waals surface area contributed by atoms with Gasteiger partial charge in [0.15, 0.2) is 11.8 Å². The molecule has 2 fully saturated rings. The Hall–Kier alpha value is -2.37. The lowest BCUT2D eigenvalue weighted by atomic mass is 9.99. The van der Waals surface area contributed by atoms with Crippen molar-refractivity contribution in [3.8, 4) is 0 Å². The fourth-order valence-electron chi connectivity index (χ4n) is 3.33. The Labute approximate surface area is 149 Å². The lowest BCUT2D eigenvalue weighted by Gasteiger charge is -2.22. The molecule has 2 heterocycles. The summed E-state index contributed by atoms with van der Waals surface area (Å²) < 4.78 is 2.01. The van der Waals surface area contributed by atoms with Gasteiger partial charge in [-0.05, 0) is 31.7 Å². The van der Waals surface area contributed by atoms with Gasteiger partial charge in [0, 0.05) is 32.1 Å². The second-order valence-electron chi connectivity index (χ2n) is 7.12. The van der Waals surface area contributed by atoms with Gasteiger partial charge in [0.2, 0.25) is 0 Å². The van der Waals surface area contributed by atoms with Crippen molar-refractivity contribution in [2.45, 2.75) is 44.7 Å². The number of rotatable bonds is 4. The highest BCUT2D eigenvalue weighted by molar-refractivity contribution is 5.81. The lowest BCUT2D eigenvalue weighted by molar-refractivity contribution is 0.482. The Balaban J connectivity index is 1.47. The first kappa shape index (κ1) is 16.1. The summed E-state index contributed by atoms with van der Waals surface area (Å²) in [5, 5.41) is 12.0. The van der Waals surface area contributed by atoms with Gasteiger partial charge in [0.25, 0.3) is 0 Å². The van der Waals surface area contributed by atoms with Crippen LogP contribution in [0.3, 0.4) is 0 Å². The van der Waals surface area contributed by atoms with E-state index in [1.807, 2.05) is 18.5 Å². The highest BCUT2D eigenvalue weighted by Crippen LogP contribution is 2.28. The third-order valence-electron chi connectivity index (χ3n) is 5.22. The molecule has 6 heteroatoms. The summed E-state index contributed by atoms with van der Waals surface area (Å²) in [6, 6.07) is 11.4. The third kappa shape index (κ3) is 3.67. The first-order valence-electron chi connectivity index (χ1n) is 9.16. The molecule has 1 N–H and O–H groups in total. The van der Waals surface area contributed by atoms with E-state index >= 15 is 0 Å². The molecule has 2 aliphatic rings. The second kappa shape index (κ2) is 6.86. The molecular weight excluding hydrogens is 312 g/mol. The number of nitrogens with one attached hydrogen (secondary N) is 1. The summed E-state index contributed by atoms with van der Waals surface area (Å²) in [5.74, 6) is 3.45. The maximum Gasteiger partial charge on any atom is 0.194 e. The van der Waals surface area contributed by atoms with Crippen molar-refractivity contribution in [3.63, 3.8) is 0 Å². The molecule has 1 aromatic carbocycles. The smallest absolute Gasteiger partial charge is 0.194 e. The Morgan fingerprint density at radius 3 is 2.68 bits per heavy atom. The molecule has 0 bridgehead atoms. The molecule has 1 saturated carbocycles. The van der Waals surface area contributed by atoms with Crippen molar-refractivity contribution < 1.29 is 0 Å². The Bertz CT molecular complexity index is 747. The normalized spacial score (nSPS) is 21.0. The number of likely N-dealkylation sites (tertiary alicyclic amines) is 1. The van der Waals surface area contributed by atoms with Crippen LogP contribution in [0.2, 0.25) is 0 Å². The molecule has 132 valence electrons. The van der Waals surface area contributed by atoms with E-state index in [0.717, 1.165) is 30.7 Å². The molecule has 1 saturated heterocycles. The summed E-state index contributed by atoms with van der Waals surface area (Å²) in [7, 11) is 2.00. The van der Waals surface area contributed by atoms with Crippen molar-refractivity contribution in [2.24, 2.45) is 12.0 Å². The highest BCUT2D eigenvalue weighted by Gasteiger charge is 2.30. The molecule has 1 atom stereocenters. The van der Waals surface area contributed by atoms with Crippen molar-refractivity contribution in [3.05, 3.63) is 47.5 Å². The Morgan fingerprint density at radius 1 is 1.20 bits per heavy atom. The zero-order chi connectivity index (χ0) is 17.2. The van der Waals surface area contributed by atoms with Crippen LogP contribution in [0.15, 0.2) is 35.3 Å². The van der Waals surface area contributed by atoms with Gasteiger partial charge in [0.1, 0.15) is 12.4 Å². The molecule has 2 aromatic rings. The fourth-order valence-corrected chi connectivity index (χ4v) is 3.33. The first-order valence-corrected chi connectivity index (χ1v) is 9.16. The van der Waals surface area contributed by atoms with Crippen LogP contribution in [-0.2, 0) is 13.6 Å². The number of hydrogen-bond donors (Lipinski definition) is 1. The molecule has 25 heavy (non-hydrogen) atoms. The number of benzene rings is 1. The topological polar surface area (TPSA) is 58.3 Å². The molecular formula is C19H26N6. The lowest BCUT2D eigenvalue weighted by Crippen LogP contribution is -2.41. The third-order valence-corrected chi connectivity index (χ3v) is 5.22. The molecule has 4 rings (SSSR count). The Morgan fingerprint density at radius 2 is 2.00 bits per heavy atom. The zero-order valence-corrected chi connectivity index (χ0v) is 15.0. The van der Waals surface area contributed by atoms with Gasteiger partial charge in [-0.25, -0.2) is 4.99 Å². The molecule has 1 aromatic heterocycles. The van der Waals surface area contributed by atoms with Crippen LogP contribution in [0, 0.1) is 6.92 Å². The van der Waals surface area contributed by atoms with Gasteiger partial charge in [-0.1, -0.05) is 30.3 Å². The average molecular weight is 338 g/mol. The summed E-state index contributed by atoms with van der Waals surface area (Å²) >= 11 is 0. The maximum atomic E-state index is 4.87. The van der Waals surface area contributed by atoms with Crippen LogP contribution in [0.25, 0.3) is 0 Å². The molecule has 0 amide bonds. The van der Waals surface area contributed by atoms with Crippen LogP contribution in [0.5, 0.6) is 0 Å².